The van der Waals surface area contributed by atoms with Gasteiger partial charge in [0.25, 0.3) is 5.91 Å². The van der Waals surface area contributed by atoms with Crippen molar-refractivity contribution in [3.63, 3.8) is 0 Å². The molecule has 0 aliphatic heterocycles. The Kier molecular flexibility index (Phi) is 8.98. The highest BCUT2D eigenvalue weighted by Gasteiger charge is 2.16. The molecule has 0 heterocycles. The predicted octanol–water partition coefficient (Wildman–Crippen LogP) is 6.76. The Bertz CT molecular complexity index is 1200. The maximum atomic E-state index is 12.7. The van der Waals surface area contributed by atoms with Crippen LogP contribution >= 0.6 is 23.2 Å². The number of carbonyl (C=O) groups excluding carboxylic acids is 1. The number of rotatable bonds is 9. The fraction of sp³-hybridized carbons (Fsp3) is 0.185. The quantitative estimate of drug-likeness (QED) is 0.263. The normalized spacial score (nSPS) is 11.9. The fourth-order valence-corrected chi connectivity index (χ4v) is 3.62. The lowest BCUT2D eigenvalue weighted by Gasteiger charge is -2.15. The average Bonchev–Trinajstić information content (AvgIpc) is 2.83. The number of nitrogens with one attached hydrogen (secondary N) is 1. The number of halogens is 2. The Morgan fingerprint density at radius 1 is 1.09 bits per heavy atom. The van der Waals surface area contributed by atoms with Gasteiger partial charge in [0.05, 0.1) is 17.7 Å². The molecule has 3 aromatic rings. The third-order valence-electron chi connectivity index (χ3n) is 4.95. The van der Waals surface area contributed by atoms with Gasteiger partial charge in [-0.15, -0.1) is 0 Å². The molecule has 7 heteroatoms. The zero-order valence-corrected chi connectivity index (χ0v) is 20.4. The van der Waals surface area contributed by atoms with Crippen molar-refractivity contribution in [2.24, 2.45) is 0 Å². The molecular weight excluding hydrogens is 471 g/mol. The molecule has 174 valence electrons. The van der Waals surface area contributed by atoms with Gasteiger partial charge in [-0.05, 0) is 60.9 Å². The smallest absolute Gasteiger partial charge is 0.262 e. The number of amides is 1. The van der Waals surface area contributed by atoms with Crippen LogP contribution < -0.4 is 14.8 Å². The zero-order valence-electron chi connectivity index (χ0n) is 18.8. The third kappa shape index (κ3) is 6.77. The first-order chi connectivity index (χ1) is 16.4. The molecule has 1 atom stereocenters. The molecule has 0 unspecified atom stereocenters. The largest absolute Gasteiger partial charge is 0.490 e. The van der Waals surface area contributed by atoms with E-state index in [-0.39, 0.29) is 18.2 Å². The lowest BCUT2D eigenvalue weighted by atomic mass is 10.1. The topological polar surface area (TPSA) is 71.3 Å². The van der Waals surface area contributed by atoms with Crippen LogP contribution in [-0.4, -0.2) is 12.5 Å². The molecule has 0 aromatic heterocycles. The van der Waals surface area contributed by atoms with Crippen LogP contribution in [0.3, 0.4) is 0 Å². The van der Waals surface area contributed by atoms with Gasteiger partial charge in [0.2, 0.25) is 0 Å². The number of hydrogen-bond acceptors (Lipinski definition) is 4. The molecule has 0 fully saturated rings. The summed E-state index contributed by atoms with van der Waals surface area (Å²) < 4.78 is 11.6. The van der Waals surface area contributed by atoms with Crippen molar-refractivity contribution in [1.82, 2.24) is 5.32 Å². The summed E-state index contributed by atoms with van der Waals surface area (Å²) in [7, 11) is 0. The molecule has 0 aliphatic rings. The van der Waals surface area contributed by atoms with Crippen LogP contribution in [0.5, 0.6) is 11.5 Å². The summed E-state index contributed by atoms with van der Waals surface area (Å²) in [6.45, 7) is 4.37. The van der Waals surface area contributed by atoms with Gasteiger partial charge in [0.1, 0.15) is 18.2 Å². The van der Waals surface area contributed by atoms with E-state index in [1.165, 1.54) is 6.08 Å². The van der Waals surface area contributed by atoms with Gasteiger partial charge in [-0.2, -0.15) is 5.26 Å². The summed E-state index contributed by atoms with van der Waals surface area (Å²) in [5, 5.41) is 13.4. The molecule has 0 aliphatic carbocycles. The summed E-state index contributed by atoms with van der Waals surface area (Å²) in [5.41, 5.74) is 2.36. The van der Waals surface area contributed by atoms with E-state index < -0.39 is 5.91 Å². The van der Waals surface area contributed by atoms with E-state index in [1.807, 2.05) is 62.4 Å². The van der Waals surface area contributed by atoms with Gasteiger partial charge in [0.15, 0.2) is 11.5 Å². The highest BCUT2D eigenvalue weighted by molar-refractivity contribution is 6.32. The summed E-state index contributed by atoms with van der Waals surface area (Å²) in [4.78, 5) is 12.7. The maximum absolute atomic E-state index is 12.7. The molecule has 3 aromatic carbocycles. The van der Waals surface area contributed by atoms with E-state index in [0.29, 0.717) is 33.7 Å². The highest BCUT2D eigenvalue weighted by Crippen LogP contribution is 2.38. The van der Waals surface area contributed by atoms with Crippen molar-refractivity contribution in [2.45, 2.75) is 26.5 Å². The first kappa shape index (κ1) is 25.2. The Balaban J connectivity index is 1.81. The first-order valence-electron chi connectivity index (χ1n) is 10.7. The van der Waals surface area contributed by atoms with Crippen LogP contribution in [0.15, 0.2) is 72.3 Å². The van der Waals surface area contributed by atoms with E-state index in [1.54, 1.807) is 24.3 Å². The molecule has 1 N–H and O–H groups in total. The van der Waals surface area contributed by atoms with Crippen molar-refractivity contribution in [2.75, 3.05) is 6.61 Å². The molecule has 5 nitrogen and oxygen atoms in total. The second-order valence-corrected chi connectivity index (χ2v) is 8.30. The summed E-state index contributed by atoms with van der Waals surface area (Å²) >= 11 is 12.4. The summed E-state index contributed by atoms with van der Waals surface area (Å²) in [6.07, 6.45) is 1.48. The SMILES string of the molecule is CCOc1cc(/C=C(\C#N)C(=O)N[C@@H](C)c2ccccc2)cc(Cl)c1OCc1ccc(Cl)cc1. The van der Waals surface area contributed by atoms with Crippen LogP contribution in [0.4, 0.5) is 0 Å². The maximum Gasteiger partial charge on any atom is 0.262 e. The summed E-state index contributed by atoms with van der Waals surface area (Å²) in [6, 6.07) is 21.9. The molecule has 0 saturated heterocycles. The van der Waals surface area contributed by atoms with E-state index in [2.05, 4.69) is 5.32 Å². The second-order valence-electron chi connectivity index (χ2n) is 7.45. The fourth-order valence-electron chi connectivity index (χ4n) is 3.23. The lowest BCUT2D eigenvalue weighted by Crippen LogP contribution is -2.27. The highest BCUT2D eigenvalue weighted by atomic mass is 35.5. The minimum atomic E-state index is -0.476. The van der Waals surface area contributed by atoms with Gasteiger partial charge in [0, 0.05) is 5.02 Å². The molecular formula is C27H24Cl2N2O3. The minimum absolute atomic E-state index is 0.0453. The third-order valence-corrected chi connectivity index (χ3v) is 5.48. The predicted molar refractivity (Wildman–Crippen MR) is 135 cm³/mol. The summed E-state index contributed by atoms with van der Waals surface area (Å²) in [5.74, 6) is 0.331. The molecule has 0 spiro atoms. The van der Waals surface area contributed by atoms with Crippen molar-refractivity contribution >= 4 is 35.2 Å². The van der Waals surface area contributed by atoms with Crippen LogP contribution in [0.25, 0.3) is 6.08 Å². The van der Waals surface area contributed by atoms with Gasteiger partial charge < -0.3 is 14.8 Å². The number of ether oxygens (including phenoxy) is 2. The van der Waals surface area contributed by atoms with Crippen LogP contribution in [0, 0.1) is 11.3 Å². The monoisotopic (exact) mass is 494 g/mol. The molecule has 0 saturated carbocycles. The molecule has 3 rings (SSSR count). The first-order valence-corrected chi connectivity index (χ1v) is 11.5. The van der Waals surface area contributed by atoms with Crippen molar-refractivity contribution in [1.29, 1.82) is 5.26 Å². The minimum Gasteiger partial charge on any atom is -0.490 e. The van der Waals surface area contributed by atoms with E-state index in [4.69, 9.17) is 32.7 Å². The van der Waals surface area contributed by atoms with E-state index in [0.717, 1.165) is 11.1 Å². The average molecular weight is 495 g/mol. The van der Waals surface area contributed by atoms with E-state index in [9.17, 15) is 10.1 Å². The molecule has 1 amide bonds. The van der Waals surface area contributed by atoms with Crippen LogP contribution in [0.2, 0.25) is 10.0 Å². The Morgan fingerprint density at radius 3 is 2.44 bits per heavy atom. The number of hydrogen-bond donors (Lipinski definition) is 1. The molecule has 0 bridgehead atoms. The van der Waals surface area contributed by atoms with Gasteiger partial charge in [-0.3, -0.25) is 4.79 Å². The standard InChI is InChI=1S/C27H24Cl2N2O3/c1-3-33-25-15-20(14-24(29)26(25)34-17-19-9-11-23(28)12-10-19)13-22(16-30)27(32)31-18(2)21-7-5-4-6-8-21/h4-15,18H,3,17H2,1-2H3,(H,31,32)/b22-13+/t18-/m0/s1. The van der Waals surface area contributed by atoms with Gasteiger partial charge in [-0.25, -0.2) is 0 Å². The Hall–Kier alpha value is -3.46. The number of nitrogens with zero attached hydrogens (tertiary/aromatic N) is 1. The van der Waals surface area contributed by atoms with Gasteiger partial charge >= 0.3 is 0 Å². The lowest BCUT2D eigenvalue weighted by molar-refractivity contribution is -0.117. The van der Waals surface area contributed by atoms with Crippen LogP contribution in [-0.2, 0) is 11.4 Å². The Morgan fingerprint density at radius 2 is 1.79 bits per heavy atom. The number of nitriles is 1. The van der Waals surface area contributed by atoms with E-state index >= 15 is 0 Å². The zero-order chi connectivity index (χ0) is 24.5. The molecule has 34 heavy (non-hydrogen) atoms. The number of carbonyl (C=O) groups is 1. The van der Waals surface area contributed by atoms with Crippen molar-refractivity contribution in [3.8, 4) is 17.6 Å². The van der Waals surface area contributed by atoms with Crippen molar-refractivity contribution in [3.05, 3.63) is 99.0 Å². The van der Waals surface area contributed by atoms with Gasteiger partial charge in [-0.1, -0.05) is 65.7 Å². The Labute approximate surface area is 209 Å². The second kappa shape index (κ2) is 12.1. The van der Waals surface area contributed by atoms with Crippen LogP contribution in [0.1, 0.15) is 36.6 Å². The number of benzene rings is 3. The molecule has 0 radical (unpaired) electrons. The van der Waals surface area contributed by atoms with Crippen molar-refractivity contribution < 1.29 is 14.3 Å².